The normalized spacial score (nSPS) is 27.7. The van der Waals surface area contributed by atoms with E-state index in [9.17, 15) is 0 Å². The van der Waals surface area contributed by atoms with Gasteiger partial charge in [0.15, 0.2) is 0 Å². The molecule has 1 aromatic heterocycles. The van der Waals surface area contributed by atoms with Gasteiger partial charge in [0.2, 0.25) is 0 Å². The molecule has 4 nitrogen and oxygen atoms in total. The van der Waals surface area contributed by atoms with E-state index in [1.165, 1.54) is 12.8 Å². The smallest absolute Gasteiger partial charge is 0.108 e. The van der Waals surface area contributed by atoms with Crippen LogP contribution in [0.1, 0.15) is 57.8 Å². The Labute approximate surface area is 141 Å². The molecule has 1 saturated carbocycles. The summed E-state index contributed by atoms with van der Waals surface area (Å²) in [4.78, 5) is 0. The molecule has 1 heterocycles. The van der Waals surface area contributed by atoms with Gasteiger partial charge in [-0.3, -0.25) is 0 Å². The van der Waals surface area contributed by atoms with E-state index in [1.54, 1.807) is 0 Å². The van der Waals surface area contributed by atoms with Gasteiger partial charge in [0, 0.05) is 12.6 Å². The van der Waals surface area contributed by atoms with Gasteiger partial charge in [-0.25, -0.2) is 0 Å². The number of hydrogen-bond acceptors (Lipinski definition) is 4. The largest absolute Gasteiger partial charge is 0.384 e. The minimum atomic E-state index is 0.323. The molecule has 2 rings (SSSR count). The molecule has 0 radical (unpaired) electrons. The van der Waals surface area contributed by atoms with Gasteiger partial charge in [-0.15, -0.1) is 5.10 Å². The zero-order chi connectivity index (χ0) is 16.8. The highest BCUT2D eigenvalue weighted by Crippen LogP contribution is 2.35. The predicted molar refractivity (Wildman–Crippen MR) is 96.7 cm³/mol. The lowest BCUT2D eigenvalue weighted by Gasteiger charge is -2.38. The van der Waals surface area contributed by atoms with Gasteiger partial charge in [0.25, 0.3) is 0 Å². The zero-order valence-electron chi connectivity index (χ0n) is 14.9. The molecule has 1 aromatic rings. The summed E-state index contributed by atoms with van der Waals surface area (Å²) in [5.74, 6) is 1.95. The Bertz CT molecular complexity index is 497. The first-order valence-electron chi connectivity index (χ1n) is 9.04. The van der Waals surface area contributed by atoms with Crippen LogP contribution in [-0.2, 0) is 6.42 Å². The summed E-state index contributed by atoms with van der Waals surface area (Å²) in [6.07, 6.45) is 5.70. The number of aryl methyl sites for hydroxylation is 1. The van der Waals surface area contributed by atoms with Crippen LogP contribution in [-0.4, -0.2) is 22.8 Å². The van der Waals surface area contributed by atoms with Crippen molar-refractivity contribution in [2.75, 3.05) is 6.54 Å². The van der Waals surface area contributed by atoms with Crippen molar-refractivity contribution >= 4 is 5.70 Å². The molecule has 23 heavy (non-hydrogen) atoms. The van der Waals surface area contributed by atoms with Crippen molar-refractivity contribution in [1.29, 1.82) is 0 Å². The second-order valence-corrected chi connectivity index (χ2v) is 7.13. The third-order valence-corrected chi connectivity index (χ3v) is 5.31. The van der Waals surface area contributed by atoms with Gasteiger partial charge in [0.1, 0.15) is 5.69 Å². The van der Waals surface area contributed by atoms with Crippen LogP contribution in [0.5, 0.6) is 0 Å². The number of hydrogen-bond donors (Lipinski definition) is 2. The topological polar surface area (TPSA) is 63.8 Å². The Balaban J connectivity index is 1.89. The Hall–Kier alpha value is -1.42. The van der Waals surface area contributed by atoms with E-state index in [-0.39, 0.29) is 0 Å². The molecule has 128 valence electrons. The van der Waals surface area contributed by atoms with Crippen molar-refractivity contribution in [1.82, 2.24) is 15.5 Å². The minimum absolute atomic E-state index is 0.323. The molecule has 4 unspecified atom stereocenters. The van der Waals surface area contributed by atoms with Crippen molar-refractivity contribution in [3.8, 4) is 0 Å². The molecule has 1 fully saturated rings. The Kier molecular flexibility index (Phi) is 6.58. The van der Waals surface area contributed by atoms with Crippen LogP contribution in [0.2, 0.25) is 0 Å². The fourth-order valence-electron chi connectivity index (χ4n) is 3.55. The van der Waals surface area contributed by atoms with Crippen molar-refractivity contribution in [2.45, 2.75) is 58.9 Å². The summed E-state index contributed by atoms with van der Waals surface area (Å²) < 4.78 is 0. The van der Waals surface area contributed by atoms with Crippen LogP contribution in [0.25, 0.3) is 5.70 Å². The third-order valence-electron chi connectivity index (χ3n) is 5.31. The van der Waals surface area contributed by atoms with Gasteiger partial charge in [-0.2, -0.15) is 5.10 Å². The van der Waals surface area contributed by atoms with E-state index >= 15 is 0 Å². The second kappa shape index (κ2) is 8.44. The average molecular weight is 316 g/mol. The van der Waals surface area contributed by atoms with Gasteiger partial charge >= 0.3 is 0 Å². The Morgan fingerprint density at radius 1 is 1.26 bits per heavy atom. The predicted octanol–water partition coefficient (Wildman–Crippen LogP) is 3.39. The molecule has 0 aliphatic heterocycles. The maximum atomic E-state index is 6.43. The summed E-state index contributed by atoms with van der Waals surface area (Å²) >= 11 is 0. The highest BCUT2D eigenvalue weighted by Gasteiger charge is 2.32. The molecule has 0 bridgehead atoms. The fraction of sp³-hybridized carbons (Fsp3) is 0.684. The van der Waals surface area contributed by atoms with E-state index in [4.69, 9.17) is 5.73 Å². The van der Waals surface area contributed by atoms with Crippen LogP contribution in [0, 0.1) is 17.8 Å². The van der Waals surface area contributed by atoms with Crippen LogP contribution in [0.4, 0.5) is 0 Å². The van der Waals surface area contributed by atoms with Crippen LogP contribution < -0.4 is 11.1 Å². The first kappa shape index (κ1) is 17.9. The molecule has 0 spiro atoms. The highest BCUT2D eigenvalue weighted by molar-refractivity contribution is 5.57. The van der Waals surface area contributed by atoms with Gasteiger partial charge in [-0.1, -0.05) is 33.8 Å². The highest BCUT2D eigenvalue weighted by atomic mass is 15.1. The summed E-state index contributed by atoms with van der Waals surface area (Å²) in [7, 11) is 0. The van der Waals surface area contributed by atoms with E-state index in [0.29, 0.717) is 23.8 Å². The average Bonchev–Trinajstić information content (AvgIpc) is 2.56. The lowest BCUT2D eigenvalue weighted by Crippen LogP contribution is -2.43. The maximum absolute atomic E-state index is 6.43. The molecular formula is C19H32N4. The SMILES string of the molecule is C=C(NCCC)c1ccc(CCC2C(C)CCC(C)C2N)nn1. The number of aromatic nitrogens is 2. The van der Waals surface area contributed by atoms with Crippen molar-refractivity contribution in [3.63, 3.8) is 0 Å². The summed E-state index contributed by atoms with van der Waals surface area (Å²) in [5, 5.41) is 11.9. The molecule has 1 aliphatic rings. The summed E-state index contributed by atoms with van der Waals surface area (Å²) in [6, 6.07) is 4.41. The number of nitrogens with two attached hydrogens (primary N) is 1. The lowest BCUT2D eigenvalue weighted by atomic mass is 9.70. The molecule has 4 heteroatoms. The molecule has 1 aliphatic carbocycles. The summed E-state index contributed by atoms with van der Waals surface area (Å²) in [6.45, 7) is 11.7. The van der Waals surface area contributed by atoms with E-state index in [1.807, 2.05) is 6.07 Å². The second-order valence-electron chi connectivity index (χ2n) is 7.13. The van der Waals surface area contributed by atoms with Crippen LogP contribution in [0.3, 0.4) is 0 Å². The third kappa shape index (κ3) is 4.77. The first-order valence-corrected chi connectivity index (χ1v) is 9.04. The maximum Gasteiger partial charge on any atom is 0.108 e. The van der Waals surface area contributed by atoms with Gasteiger partial charge in [-0.05, 0) is 55.6 Å². The molecular weight excluding hydrogens is 284 g/mol. The summed E-state index contributed by atoms with van der Waals surface area (Å²) in [5.41, 5.74) is 9.16. The lowest BCUT2D eigenvalue weighted by molar-refractivity contribution is 0.157. The molecule has 3 N–H and O–H groups in total. The molecule has 0 saturated heterocycles. The number of nitrogens with one attached hydrogen (secondary N) is 1. The first-order chi connectivity index (χ1) is 11.0. The molecule has 4 atom stereocenters. The zero-order valence-corrected chi connectivity index (χ0v) is 14.9. The van der Waals surface area contributed by atoms with Gasteiger partial charge < -0.3 is 11.1 Å². The monoisotopic (exact) mass is 316 g/mol. The van der Waals surface area contributed by atoms with Crippen molar-refractivity contribution < 1.29 is 0 Å². The number of nitrogens with zero attached hydrogens (tertiary/aromatic N) is 2. The fourth-order valence-corrected chi connectivity index (χ4v) is 3.55. The van der Waals surface area contributed by atoms with Crippen LogP contribution in [0.15, 0.2) is 18.7 Å². The van der Waals surface area contributed by atoms with E-state index in [0.717, 1.165) is 42.9 Å². The Morgan fingerprint density at radius 3 is 2.65 bits per heavy atom. The van der Waals surface area contributed by atoms with E-state index in [2.05, 4.69) is 48.9 Å². The Morgan fingerprint density at radius 2 is 2.00 bits per heavy atom. The van der Waals surface area contributed by atoms with Crippen molar-refractivity contribution in [3.05, 3.63) is 30.1 Å². The van der Waals surface area contributed by atoms with Crippen molar-refractivity contribution in [2.24, 2.45) is 23.5 Å². The molecule has 0 aromatic carbocycles. The minimum Gasteiger partial charge on any atom is -0.384 e. The quantitative estimate of drug-likeness (QED) is 0.809. The standard InChI is InChI=1S/C19H32N4/c1-5-12-21-15(4)18-11-9-16(22-23-18)8-10-17-13(2)6-7-14(3)19(17)20/h9,11,13-14,17,19,21H,4-8,10,12,20H2,1-3H3. The number of rotatable bonds is 7. The van der Waals surface area contributed by atoms with Gasteiger partial charge in [0.05, 0.1) is 11.4 Å². The van der Waals surface area contributed by atoms with Crippen LogP contribution >= 0.6 is 0 Å². The van der Waals surface area contributed by atoms with E-state index < -0.39 is 0 Å². The molecule has 0 amide bonds.